The Hall–Kier alpha value is -1.43. The number of aromatic amines is 1. The second-order valence-corrected chi connectivity index (χ2v) is 6.29. The maximum Gasteiger partial charge on any atom is 0.491 e. The van der Waals surface area contributed by atoms with Crippen LogP contribution in [0.5, 0.6) is 0 Å². The van der Waals surface area contributed by atoms with Crippen LogP contribution in [-0.4, -0.2) is 34.3 Å². The van der Waals surface area contributed by atoms with Crippen molar-refractivity contribution in [2.45, 2.75) is 38.9 Å². The molecule has 0 aromatic carbocycles. The third-order valence-electron chi connectivity index (χ3n) is 4.00. The molecule has 0 aliphatic carbocycles. The Morgan fingerprint density at radius 2 is 2.00 bits per heavy atom. The largest absolute Gasteiger partial charge is 0.491 e. The van der Waals surface area contributed by atoms with Crippen LogP contribution in [0.2, 0.25) is 0 Å². The van der Waals surface area contributed by atoms with Gasteiger partial charge in [-0.05, 0) is 39.2 Å². The van der Waals surface area contributed by atoms with E-state index in [-0.39, 0.29) is 5.82 Å². The Labute approximate surface area is 130 Å². The van der Waals surface area contributed by atoms with Gasteiger partial charge in [-0.3, -0.25) is 5.10 Å². The van der Waals surface area contributed by atoms with Crippen molar-refractivity contribution in [3.63, 3.8) is 0 Å². The molecule has 21 heavy (non-hydrogen) atoms. The molecule has 1 aliphatic heterocycles. The van der Waals surface area contributed by atoms with Crippen LogP contribution in [-0.2, 0) is 9.31 Å². The first-order chi connectivity index (χ1) is 9.71. The van der Waals surface area contributed by atoms with Crippen LogP contribution in [0.4, 0.5) is 5.82 Å². The van der Waals surface area contributed by atoms with Gasteiger partial charge < -0.3 is 15.0 Å². The van der Waals surface area contributed by atoms with Gasteiger partial charge >= 0.3 is 7.12 Å². The average molecular weight is 306 g/mol. The normalized spacial score (nSPS) is 20.6. The molecule has 1 saturated heterocycles. The van der Waals surface area contributed by atoms with Gasteiger partial charge in [0.1, 0.15) is 11.6 Å². The van der Waals surface area contributed by atoms with E-state index in [1.165, 1.54) is 0 Å². The predicted molar refractivity (Wildman–Crippen MR) is 85.6 cm³/mol. The van der Waals surface area contributed by atoms with Gasteiger partial charge in [0, 0.05) is 5.75 Å². The smallest absolute Gasteiger partial charge is 0.400 e. The van der Waals surface area contributed by atoms with Crippen molar-refractivity contribution in [3.05, 3.63) is 16.7 Å². The highest BCUT2D eigenvalue weighted by Crippen LogP contribution is 2.39. The van der Waals surface area contributed by atoms with Gasteiger partial charge in [-0.1, -0.05) is 0 Å². The summed E-state index contributed by atoms with van der Waals surface area (Å²) < 4.78 is 12.0. The molecule has 6 nitrogen and oxygen atoms in total. The summed E-state index contributed by atoms with van der Waals surface area (Å²) in [7, 11) is -0.511. The number of nitrogen functional groups attached to an aromatic ring is 1. The SMILES string of the molecule is CC1(C)OB(C(=Cc2[nH]nc(N)c2C#N)CS)OC1(C)C. The first-order valence-electron chi connectivity index (χ1n) is 6.62. The lowest BCUT2D eigenvalue weighted by atomic mass is 9.78. The monoisotopic (exact) mass is 306 g/mol. The molecule has 0 atom stereocenters. The summed E-state index contributed by atoms with van der Waals surface area (Å²) >= 11 is 4.33. The van der Waals surface area contributed by atoms with E-state index in [2.05, 4.69) is 22.8 Å². The topological polar surface area (TPSA) is 97.0 Å². The van der Waals surface area contributed by atoms with Crippen LogP contribution in [0.25, 0.3) is 6.08 Å². The zero-order valence-electron chi connectivity index (χ0n) is 12.6. The van der Waals surface area contributed by atoms with Crippen LogP contribution in [0.3, 0.4) is 0 Å². The fraction of sp³-hybridized carbons (Fsp3) is 0.538. The second-order valence-electron chi connectivity index (χ2n) is 5.97. The molecule has 2 rings (SSSR count). The van der Waals surface area contributed by atoms with Crippen molar-refractivity contribution >= 4 is 31.6 Å². The minimum atomic E-state index is -0.511. The number of nitrogens with zero attached hydrogens (tertiary/aromatic N) is 2. The number of nitrogens with one attached hydrogen (secondary N) is 1. The van der Waals surface area contributed by atoms with Gasteiger partial charge in [-0.2, -0.15) is 23.0 Å². The Bertz CT molecular complexity index is 602. The van der Waals surface area contributed by atoms with Gasteiger partial charge in [-0.15, -0.1) is 0 Å². The van der Waals surface area contributed by atoms with E-state index < -0.39 is 18.3 Å². The third-order valence-corrected chi connectivity index (χ3v) is 4.37. The first kappa shape index (κ1) is 16.0. The summed E-state index contributed by atoms with van der Waals surface area (Å²) in [4.78, 5) is 0. The van der Waals surface area contributed by atoms with Gasteiger partial charge in [0.2, 0.25) is 0 Å². The summed E-state index contributed by atoms with van der Waals surface area (Å²) in [6, 6.07) is 2.03. The summed E-state index contributed by atoms with van der Waals surface area (Å²) in [6.45, 7) is 7.94. The van der Waals surface area contributed by atoms with E-state index in [4.69, 9.17) is 20.3 Å². The van der Waals surface area contributed by atoms with Crippen LogP contribution in [0.15, 0.2) is 5.47 Å². The van der Waals surface area contributed by atoms with Gasteiger partial charge in [0.05, 0.1) is 16.9 Å². The molecule has 0 amide bonds. The highest BCUT2D eigenvalue weighted by molar-refractivity contribution is 7.80. The molecular formula is C13H19BN4O2S. The van der Waals surface area contributed by atoms with E-state index in [1.54, 1.807) is 6.08 Å². The van der Waals surface area contributed by atoms with Gasteiger partial charge in [-0.25, -0.2) is 0 Å². The number of aromatic nitrogens is 2. The predicted octanol–water partition coefficient (Wildman–Crippen LogP) is 1.81. The second kappa shape index (κ2) is 5.41. The first-order valence-corrected chi connectivity index (χ1v) is 7.26. The zero-order valence-corrected chi connectivity index (χ0v) is 13.5. The van der Waals surface area contributed by atoms with E-state index in [0.717, 1.165) is 5.47 Å². The van der Waals surface area contributed by atoms with Gasteiger partial charge in [0.15, 0.2) is 5.82 Å². The van der Waals surface area contributed by atoms with Crippen LogP contribution in [0.1, 0.15) is 39.0 Å². The Kier molecular flexibility index (Phi) is 4.11. The van der Waals surface area contributed by atoms with Crippen molar-refractivity contribution in [3.8, 4) is 6.07 Å². The molecule has 0 saturated carbocycles. The lowest BCUT2D eigenvalue weighted by Crippen LogP contribution is -2.41. The van der Waals surface area contributed by atoms with E-state index in [0.29, 0.717) is 17.0 Å². The minimum absolute atomic E-state index is 0.177. The van der Waals surface area contributed by atoms with E-state index in [1.807, 2.05) is 33.8 Å². The highest BCUT2D eigenvalue weighted by atomic mass is 32.1. The molecule has 1 fully saturated rings. The quantitative estimate of drug-likeness (QED) is 0.584. The molecule has 3 N–H and O–H groups in total. The average Bonchev–Trinajstić information content (AvgIpc) is 2.84. The van der Waals surface area contributed by atoms with E-state index in [9.17, 15) is 0 Å². The molecule has 1 aliphatic rings. The molecular weight excluding hydrogens is 287 g/mol. The van der Waals surface area contributed by atoms with E-state index >= 15 is 0 Å². The minimum Gasteiger partial charge on any atom is -0.400 e. The molecule has 0 spiro atoms. The number of nitrogens with two attached hydrogens (primary N) is 1. The molecule has 0 bridgehead atoms. The van der Waals surface area contributed by atoms with Crippen molar-refractivity contribution < 1.29 is 9.31 Å². The lowest BCUT2D eigenvalue weighted by molar-refractivity contribution is 0.00578. The molecule has 2 heterocycles. The van der Waals surface area contributed by atoms with Crippen molar-refractivity contribution in [2.75, 3.05) is 11.5 Å². The number of thiol groups is 1. The maximum atomic E-state index is 9.10. The lowest BCUT2D eigenvalue weighted by Gasteiger charge is -2.32. The summed E-state index contributed by atoms with van der Waals surface area (Å²) in [6.07, 6.45) is 1.76. The maximum absolute atomic E-state index is 9.10. The zero-order chi connectivity index (χ0) is 15.8. The van der Waals surface area contributed by atoms with Crippen LogP contribution < -0.4 is 5.73 Å². The third kappa shape index (κ3) is 2.82. The molecule has 112 valence electrons. The fourth-order valence-corrected chi connectivity index (χ4v) is 2.20. The Morgan fingerprint density at radius 1 is 1.43 bits per heavy atom. The molecule has 1 aromatic rings. The number of hydrogen-bond acceptors (Lipinski definition) is 6. The van der Waals surface area contributed by atoms with Gasteiger partial charge in [0.25, 0.3) is 0 Å². The molecule has 0 radical (unpaired) electrons. The summed E-state index contributed by atoms with van der Waals surface area (Å²) in [5, 5.41) is 15.7. The summed E-state index contributed by atoms with van der Waals surface area (Å²) in [5.41, 5.74) is 6.43. The Morgan fingerprint density at radius 3 is 2.48 bits per heavy atom. The molecule has 1 aromatic heterocycles. The van der Waals surface area contributed by atoms with Crippen LogP contribution in [0, 0.1) is 11.3 Å². The highest BCUT2D eigenvalue weighted by Gasteiger charge is 2.52. The molecule has 8 heteroatoms. The number of rotatable bonds is 3. The van der Waals surface area contributed by atoms with Crippen molar-refractivity contribution in [2.24, 2.45) is 0 Å². The molecule has 0 unspecified atom stereocenters. The summed E-state index contributed by atoms with van der Waals surface area (Å²) in [5.74, 6) is 0.608. The van der Waals surface area contributed by atoms with Crippen LogP contribution >= 0.6 is 12.6 Å². The number of hydrogen-bond donors (Lipinski definition) is 3. The fourth-order valence-electron chi connectivity index (χ4n) is 1.96. The number of anilines is 1. The standard InChI is InChI=1S/C13H19BN4O2S/c1-12(2)13(3,4)20-14(19-12)8(7-21)5-10-9(6-15)11(16)18-17-10/h5,21H,7H2,1-4H3,(H3,16,17,18). The number of nitriles is 1. The van der Waals surface area contributed by atoms with Crippen molar-refractivity contribution in [1.82, 2.24) is 10.2 Å². The van der Waals surface area contributed by atoms with Crippen molar-refractivity contribution in [1.29, 1.82) is 5.26 Å². The Balaban J connectivity index is 2.34. The number of H-pyrrole nitrogens is 1.